The Hall–Kier alpha value is -0.500. The highest BCUT2D eigenvalue weighted by molar-refractivity contribution is 7.45. The van der Waals surface area contributed by atoms with Crippen LogP contribution in [0, 0.1) is 0 Å². The smallest absolute Gasteiger partial charge is 0.268 e. The summed E-state index contributed by atoms with van der Waals surface area (Å²) in [6, 6.07) is -0.788. The van der Waals surface area contributed by atoms with E-state index in [9.17, 15) is 19.4 Å². The van der Waals surface area contributed by atoms with Crippen LogP contribution in [-0.4, -0.2) is 68.5 Å². The van der Waals surface area contributed by atoms with Gasteiger partial charge in [-0.25, -0.2) is 0 Å². The molecule has 0 bridgehead atoms. The molecule has 0 aliphatic rings. The zero-order chi connectivity index (χ0) is 32.2. The molecule has 0 heterocycles. The third-order valence-electron chi connectivity index (χ3n) is 8.10. The summed E-state index contributed by atoms with van der Waals surface area (Å²) in [4.78, 5) is 24.8. The number of nitrogens with zero attached hydrogens (tertiary/aromatic N) is 1. The third-order valence-corrected chi connectivity index (χ3v) is 9.06. The maximum atomic E-state index is 12.5. The fraction of sp³-hybridized carbons (Fsp3) is 0.971. The molecule has 0 rings (SSSR count). The van der Waals surface area contributed by atoms with Crippen molar-refractivity contribution in [2.75, 3.05) is 40.9 Å². The van der Waals surface area contributed by atoms with Gasteiger partial charge in [-0.3, -0.25) is 9.36 Å². The molecule has 0 saturated carbocycles. The zero-order valence-electron chi connectivity index (χ0n) is 28.9. The van der Waals surface area contributed by atoms with Crippen molar-refractivity contribution in [2.24, 2.45) is 0 Å². The summed E-state index contributed by atoms with van der Waals surface area (Å²) in [5, 5.41) is 13.7. The van der Waals surface area contributed by atoms with Gasteiger partial charge in [-0.1, -0.05) is 142 Å². The fourth-order valence-corrected chi connectivity index (χ4v) is 5.88. The van der Waals surface area contributed by atoms with E-state index < -0.39 is 20.0 Å². The maximum absolute atomic E-state index is 12.5. The number of likely N-dealkylation sites (N-methyl/N-ethyl adjacent to an activating group) is 1. The molecule has 3 unspecified atom stereocenters. The Labute approximate surface area is 266 Å². The number of aliphatic hydroxyl groups is 1. The molecular weight excluding hydrogens is 563 g/mol. The molecule has 0 aromatic heterocycles. The number of aliphatic hydroxyl groups excluding tert-OH is 1. The SMILES string of the molecule is CCCCCCCCCCCCCCCCCCCC(O)C(COP(=O)([O-])OCC[N+](C)(C)C)NC(=O)CCCCCC. The van der Waals surface area contributed by atoms with E-state index in [2.05, 4.69) is 19.2 Å². The summed E-state index contributed by atoms with van der Waals surface area (Å²) < 4.78 is 22.9. The Morgan fingerprint density at radius 1 is 0.721 bits per heavy atom. The lowest BCUT2D eigenvalue weighted by Gasteiger charge is -2.30. The summed E-state index contributed by atoms with van der Waals surface area (Å²) >= 11 is 0. The number of unbranched alkanes of at least 4 members (excludes halogenated alkanes) is 19. The molecule has 0 aliphatic heterocycles. The molecule has 0 fully saturated rings. The van der Waals surface area contributed by atoms with Gasteiger partial charge in [-0.2, -0.15) is 0 Å². The van der Waals surface area contributed by atoms with Gasteiger partial charge in [0.2, 0.25) is 5.91 Å². The molecular formula is C34H71N2O6P. The van der Waals surface area contributed by atoms with E-state index in [1.54, 1.807) is 0 Å². The first kappa shape index (κ1) is 42.5. The van der Waals surface area contributed by atoms with Crippen LogP contribution in [0.3, 0.4) is 0 Å². The molecule has 0 radical (unpaired) electrons. The van der Waals surface area contributed by atoms with Gasteiger partial charge in [0, 0.05) is 6.42 Å². The number of nitrogens with one attached hydrogen (secondary N) is 1. The number of carbonyl (C=O) groups is 1. The van der Waals surface area contributed by atoms with Crippen LogP contribution in [0.4, 0.5) is 0 Å². The topological polar surface area (TPSA) is 108 Å². The van der Waals surface area contributed by atoms with Crippen molar-refractivity contribution in [3.8, 4) is 0 Å². The van der Waals surface area contributed by atoms with Crippen molar-refractivity contribution in [1.29, 1.82) is 0 Å². The Bertz CT molecular complexity index is 688. The van der Waals surface area contributed by atoms with Crippen molar-refractivity contribution in [3.05, 3.63) is 0 Å². The normalized spacial score (nSPS) is 14.9. The van der Waals surface area contributed by atoms with Gasteiger partial charge in [0.1, 0.15) is 13.2 Å². The summed E-state index contributed by atoms with van der Waals surface area (Å²) in [7, 11) is 1.31. The lowest BCUT2D eigenvalue weighted by molar-refractivity contribution is -0.870. The third kappa shape index (κ3) is 29.9. The average molecular weight is 635 g/mol. The van der Waals surface area contributed by atoms with Gasteiger partial charge in [-0.15, -0.1) is 0 Å². The second kappa shape index (κ2) is 27.8. The van der Waals surface area contributed by atoms with E-state index in [-0.39, 0.29) is 19.1 Å². The monoisotopic (exact) mass is 635 g/mol. The molecule has 9 heteroatoms. The van der Waals surface area contributed by atoms with Crippen LogP contribution in [-0.2, 0) is 18.4 Å². The maximum Gasteiger partial charge on any atom is 0.268 e. The Morgan fingerprint density at radius 2 is 1.14 bits per heavy atom. The first-order chi connectivity index (χ1) is 20.5. The zero-order valence-corrected chi connectivity index (χ0v) is 29.8. The predicted octanol–water partition coefficient (Wildman–Crippen LogP) is 8.05. The number of hydrogen-bond acceptors (Lipinski definition) is 6. The molecule has 0 saturated heterocycles. The molecule has 1 amide bonds. The Kier molecular flexibility index (Phi) is 27.5. The highest BCUT2D eigenvalue weighted by Gasteiger charge is 2.24. The van der Waals surface area contributed by atoms with E-state index in [0.29, 0.717) is 23.9 Å². The minimum atomic E-state index is -4.53. The van der Waals surface area contributed by atoms with Crippen molar-refractivity contribution < 1.29 is 32.9 Å². The van der Waals surface area contributed by atoms with Crippen molar-refractivity contribution >= 4 is 13.7 Å². The number of rotatable bonds is 32. The molecule has 3 atom stereocenters. The summed E-state index contributed by atoms with van der Waals surface area (Å²) in [6.07, 6.45) is 25.8. The first-order valence-corrected chi connectivity index (χ1v) is 19.3. The van der Waals surface area contributed by atoms with Crippen LogP contribution in [0.25, 0.3) is 0 Å². The van der Waals surface area contributed by atoms with Crippen molar-refractivity contribution in [2.45, 2.75) is 174 Å². The second-order valence-electron chi connectivity index (χ2n) is 13.6. The summed E-state index contributed by atoms with van der Waals surface area (Å²) in [5.74, 6) is -0.183. The largest absolute Gasteiger partial charge is 0.756 e. The number of phosphoric ester groups is 1. The highest BCUT2D eigenvalue weighted by Crippen LogP contribution is 2.38. The van der Waals surface area contributed by atoms with Gasteiger partial charge in [-0.05, 0) is 12.8 Å². The van der Waals surface area contributed by atoms with E-state index in [1.807, 2.05) is 21.1 Å². The fourth-order valence-electron chi connectivity index (χ4n) is 5.16. The highest BCUT2D eigenvalue weighted by atomic mass is 31.2. The van der Waals surface area contributed by atoms with Gasteiger partial charge < -0.3 is 28.8 Å². The van der Waals surface area contributed by atoms with Crippen LogP contribution in [0.1, 0.15) is 162 Å². The molecule has 0 aromatic rings. The van der Waals surface area contributed by atoms with Gasteiger partial charge in [0.15, 0.2) is 0 Å². The van der Waals surface area contributed by atoms with E-state index in [0.717, 1.165) is 44.9 Å². The van der Waals surface area contributed by atoms with Crippen molar-refractivity contribution in [3.63, 3.8) is 0 Å². The standard InChI is InChI=1S/C34H71N2O6P/c1-6-8-10-12-13-14-15-16-17-18-19-20-21-22-23-24-25-27-33(37)32(35-34(38)28-26-11-9-7-2)31-42-43(39,40)41-30-29-36(3,4)5/h32-33,37H,6-31H2,1-5H3,(H-,35,38,39,40). The molecule has 0 spiro atoms. The Morgan fingerprint density at radius 3 is 1.58 bits per heavy atom. The van der Waals surface area contributed by atoms with Gasteiger partial charge in [0.05, 0.1) is 39.9 Å². The minimum Gasteiger partial charge on any atom is -0.756 e. The first-order valence-electron chi connectivity index (χ1n) is 17.9. The summed E-state index contributed by atoms with van der Waals surface area (Å²) in [6.45, 7) is 4.58. The van der Waals surface area contributed by atoms with E-state index >= 15 is 0 Å². The van der Waals surface area contributed by atoms with E-state index in [4.69, 9.17) is 9.05 Å². The second-order valence-corrected chi connectivity index (χ2v) is 15.0. The number of carbonyl (C=O) groups excluding carboxylic acids is 1. The predicted molar refractivity (Wildman–Crippen MR) is 178 cm³/mol. The number of phosphoric acid groups is 1. The lowest BCUT2D eigenvalue weighted by Crippen LogP contribution is -2.46. The minimum absolute atomic E-state index is 0.0144. The molecule has 43 heavy (non-hydrogen) atoms. The molecule has 2 N–H and O–H groups in total. The van der Waals surface area contributed by atoms with Crippen LogP contribution < -0.4 is 10.2 Å². The van der Waals surface area contributed by atoms with E-state index in [1.165, 1.54) is 89.9 Å². The average Bonchev–Trinajstić information content (AvgIpc) is 2.94. The molecule has 258 valence electrons. The van der Waals surface area contributed by atoms with Gasteiger partial charge in [0.25, 0.3) is 7.82 Å². The van der Waals surface area contributed by atoms with Crippen molar-refractivity contribution in [1.82, 2.24) is 5.32 Å². The van der Waals surface area contributed by atoms with Crippen LogP contribution in [0.2, 0.25) is 0 Å². The van der Waals surface area contributed by atoms with Crippen LogP contribution in [0.5, 0.6) is 0 Å². The number of quaternary nitrogens is 1. The van der Waals surface area contributed by atoms with Gasteiger partial charge >= 0.3 is 0 Å². The van der Waals surface area contributed by atoms with Crippen LogP contribution >= 0.6 is 7.82 Å². The quantitative estimate of drug-likeness (QED) is 0.0440. The molecule has 0 aromatic carbocycles. The molecule has 8 nitrogen and oxygen atoms in total. The van der Waals surface area contributed by atoms with Crippen LogP contribution in [0.15, 0.2) is 0 Å². The number of hydrogen-bond donors (Lipinski definition) is 2. The summed E-state index contributed by atoms with van der Waals surface area (Å²) in [5.41, 5.74) is 0. The molecule has 0 aliphatic carbocycles. The number of amides is 1. The Balaban J connectivity index is 4.22. The lowest BCUT2D eigenvalue weighted by atomic mass is 10.0.